The number of morpholine rings is 1. The van der Waals surface area contributed by atoms with Crippen LogP contribution in [0.4, 0.5) is 0 Å². The second kappa shape index (κ2) is 14.2. The number of thiophene rings is 1. The fourth-order valence-electron chi connectivity index (χ4n) is 6.87. The zero-order valence-electron chi connectivity index (χ0n) is 23.0. The van der Waals surface area contributed by atoms with Crippen LogP contribution in [-0.4, -0.2) is 72.7 Å². The van der Waals surface area contributed by atoms with Gasteiger partial charge in [-0.2, -0.15) is 5.26 Å². The molecular weight excluding hydrogens is 500 g/mol. The van der Waals surface area contributed by atoms with Crippen molar-refractivity contribution in [2.75, 3.05) is 39.5 Å². The summed E-state index contributed by atoms with van der Waals surface area (Å²) < 4.78 is 10.8. The van der Waals surface area contributed by atoms with E-state index in [-0.39, 0.29) is 35.2 Å². The van der Waals surface area contributed by atoms with Gasteiger partial charge in [-0.1, -0.05) is 19.8 Å². The van der Waals surface area contributed by atoms with Crippen LogP contribution in [0, 0.1) is 34.5 Å². The summed E-state index contributed by atoms with van der Waals surface area (Å²) in [6.07, 6.45) is 9.68. The lowest BCUT2D eigenvalue weighted by atomic mass is 9.62. The molecule has 2 N–H and O–H groups in total. The molecule has 0 amide bonds. The molecule has 3 fully saturated rings. The van der Waals surface area contributed by atoms with Crippen molar-refractivity contribution < 1.29 is 24.5 Å². The van der Waals surface area contributed by atoms with E-state index in [1.807, 2.05) is 12.1 Å². The number of aliphatic hydroxyl groups is 2. The first-order chi connectivity index (χ1) is 18.5. The Morgan fingerprint density at radius 1 is 1.26 bits per heavy atom. The van der Waals surface area contributed by atoms with Gasteiger partial charge in [-0.15, -0.1) is 11.3 Å². The number of nitriles is 1. The molecule has 8 heteroatoms. The Bertz CT molecular complexity index is 914. The molecule has 212 valence electrons. The van der Waals surface area contributed by atoms with Gasteiger partial charge in [0.15, 0.2) is 0 Å². The van der Waals surface area contributed by atoms with Crippen LogP contribution in [0.15, 0.2) is 12.1 Å². The minimum Gasteiger partial charge on any atom is -0.460 e. The molecule has 1 aromatic rings. The zero-order chi connectivity index (χ0) is 27.0. The van der Waals surface area contributed by atoms with Gasteiger partial charge in [0.1, 0.15) is 11.5 Å². The fourth-order valence-corrected chi connectivity index (χ4v) is 7.81. The molecule has 7 nitrogen and oxygen atoms in total. The van der Waals surface area contributed by atoms with Crippen molar-refractivity contribution in [3.8, 4) is 6.07 Å². The van der Waals surface area contributed by atoms with Gasteiger partial charge in [-0.3, -0.25) is 4.90 Å². The van der Waals surface area contributed by atoms with E-state index in [2.05, 4.69) is 17.9 Å². The Balaban J connectivity index is 1.20. The summed E-state index contributed by atoms with van der Waals surface area (Å²) in [6.45, 7) is 6.55. The Morgan fingerprint density at radius 2 is 2.03 bits per heavy atom. The number of carbonyl (C=O) groups excluding carboxylic acids is 1. The van der Waals surface area contributed by atoms with Crippen LogP contribution in [-0.2, 0) is 15.9 Å². The molecule has 0 bridgehead atoms. The lowest BCUT2D eigenvalue weighted by molar-refractivity contribution is -0.0444. The number of esters is 1. The van der Waals surface area contributed by atoms with Crippen LogP contribution in [0.5, 0.6) is 0 Å². The molecule has 38 heavy (non-hydrogen) atoms. The first kappa shape index (κ1) is 29.5. The largest absolute Gasteiger partial charge is 0.460 e. The minimum absolute atomic E-state index is 0.103. The van der Waals surface area contributed by atoms with Crippen LogP contribution in [0.1, 0.15) is 85.7 Å². The van der Waals surface area contributed by atoms with Crippen LogP contribution in [0.2, 0.25) is 0 Å². The summed E-state index contributed by atoms with van der Waals surface area (Å²) in [4.78, 5) is 16.5. The van der Waals surface area contributed by atoms with Crippen molar-refractivity contribution >= 4 is 17.3 Å². The van der Waals surface area contributed by atoms with Gasteiger partial charge in [-0.25, -0.2) is 4.79 Å². The number of hydrogen-bond donors (Lipinski definition) is 2. The normalized spacial score (nSPS) is 27.9. The number of aryl methyl sites for hydroxylation is 1. The Kier molecular flexibility index (Phi) is 11.0. The molecular formula is C30H46N2O5S. The van der Waals surface area contributed by atoms with Crippen molar-refractivity contribution in [2.24, 2.45) is 23.2 Å². The average Bonchev–Trinajstić information content (AvgIpc) is 3.49. The molecule has 2 saturated carbocycles. The van der Waals surface area contributed by atoms with Gasteiger partial charge in [-0.05, 0) is 87.2 Å². The van der Waals surface area contributed by atoms with E-state index < -0.39 is 6.10 Å². The number of rotatable bonds is 14. The highest BCUT2D eigenvalue weighted by Gasteiger charge is 2.43. The first-order valence-electron chi connectivity index (χ1n) is 14.8. The van der Waals surface area contributed by atoms with Crippen LogP contribution in [0.3, 0.4) is 0 Å². The van der Waals surface area contributed by atoms with E-state index in [0.717, 1.165) is 95.5 Å². The smallest absolute Gasteiger partial charge is 0.348 e. The SMILES string of the molecule is CCC1(C(O)CCCC2C(CCCc3ccc(C(=O)OCCN4CCOCC4)s3)C(C#N)C[C@H]2O)CCC1. The molecule has 1 aliphatic heterocycles. The Morgan fingerprint density at radius 3 is 2.71 bits per heavy atom. The van der Waals surface area contributed by atoms with Crippen molar-refractivity contribution in [3.63, 3.8) is 0 Å². The van der Waals surface area contributed by atoms with Gasteiger partial charge in [0, 0.05) is 24.5 Å². The summed E-state index contributed by atoms with van der Waals surface area (Å²) >= 11 is 1.50. The molecule has 1 saturated heterocycles. The van der Waals surface area contributed by atoms with Gasteiger partial charge in [0.05, 0.1) is 37.4 Å². The van der Waals surface area contributed by atoms with Crippen molar-refractivity contribution in [1.82, 2.24) is 4.90 Å². The summed E-state index contributed by atoms with van der Waals surface area (Å²) in [5.41, 5.74) is 0.123. The van der Waals surface area contributed by atoms with Crippen molar-refractivity contribution in [3.05, 3.63) is 21.9 Å². The topological polar surface area (TPSA) is 103 Å². The third-order valence-electron chi connectivity index (χ3n) is 9.57. The van der Waals surface area contributed by atoms with Crippen molar-refractivity contribution in [1.29, 1.82) is 5.26 Å². The quantitative estimate of drug-likeness (QED) is 0.323. The highest BCUT2D eigenvalue weighted by molar-refractivity contribution is 7.13. The first-order valence-corrected chi connectivity index (χ1v) is 15.6. The predicted octanol–water partition coefficient (Wildman–Crippen LogP) is 4.81. The standard InChI is InChI=1S/C30H46N2O5S/c1-2-30(12-5-13-30)28(34)9-4-8-25-24(22(21-31)20-26(25)33)7-3-6-23-10-11-27(38-23)29(35)37-19-16-32-14-17-36-18-15-32/h10-11,22,24-26,28,33-34H,2-9,12-20H2,1H3/t22?,24?,25?,26-,28?/m1/s1. The maximum Gasteiger partial charge on any atom is 0.348 e. The van der Waals surface area contributed by atoms with E-state index in [4.69, 9.17) is 9.47 Å². The number of carbonyl (C=O) groups is 1. The fraction of sp³-hybridized carbons (Fsp3) is 0.800. The lowest BCUT2D eigenvalue weighted by Gasteiger charge is -2.45. The lowest BCUT2D eigenvalue weighted by Crippen LogP contribution is -2.40. The monoisotopic (exact) mass is 546 g/mol. The Hall–Kier alpha value is -1.50. The van der Waals surface area contributed by atoms with Crippen LogP contribution in [0.25, 0.3) is 0 Å². The summed E-state index contributed by atoms with van der Waals surface area (Å²) in [5.74, 6) is -0.0346. The molecule has 2 aliphatic carbocycles. The summed E-state index contributed by atoms with van der Waals surface area (Å²) in [6, 6.07) is 6.32. The van der Waals surface area contributed by atoms with Gasteiger partial charge in [0.2, 0.25) is 0 Å². The average molecular weight is 547 g/mol. The maximum absolute atomic E-state index is 12.5. The van der Waals surface area contributed by atoms with Gasteiger partial charge < -0.3 is 19.7 Å². The second-order valence-corrected chi connectivity index (χ2v) is 12.8. The van der Waals surface area contributed by atoms with E-state index in [1.54, 1.807) is 0 Å². The zero-order valence-corrected chi connectivity index (χ0v) is 23.8. The maximum atomic E-state index is 12.5. The summed E-state index contributed by atoms with van der Waals surface area (Å²) in [5, 5.41) is 31.3. The van der Waals surface area contributed by atoms with E-state index in [1.165, 1.54) is 17.8 Å². The Labute approximate surface area is 232 Å². The molecule has 5 atom stereocenters. The molecule has 4 unspecified atom stereocenters. The second-order valence-electron chi connectivity index (χ2n) is 11.6. The van der Waals surface area contributed by atoms with E-state index in [0.29, 0.717) is 17.9 Å². The van der Waals surface area contributed by atoms with Crippen molar-refractivity contribution in [2.45, 2.75) is 89.8 Å². The molecule has 0 spiro atoms. The third-order valence-corrected chi connectivity index (χ3v) is 10.7. The summed E-state index contributed by atoms with van der Waals surface area (Å²) in [7, 11) is 0. The highest BCUT2D eigenvalue weighted by Crippen LogP contribution is 2.48. The number of hydrogen-bond acceptors (Lipinski definition) is 8. The third kappa shape index (κ3) is 7.37. The molecule has 4 rings (SSSR count). The minimum atomic E-state index is -0.425. The van der Waals surface area contributed by atoms with E-state index in [9.17, 15) is 20.3 Å². The highest BCUT2D eigenvalue weighted by atomic mass is 32.1. The van der Waals surface area contributed by atoms with E-state index >= 15 is 0 Å². The van der Waals surface area contributed by atoms with Gasteiger partial charge in [0.25, 0.3) is 0 Å². The number of nitrogens with zero attached hydrogens (tertiary/aromatic N) is 2. The predicted molar refractivity (Wildman–Crippen MR) is 148 cm³/mol. The molecule has 3 aliphatic rings. The molecule has 2 heterocycles. The molecule has 1 aromatic heterocycles. The van der Waals surface area contributed by atoms with Gasteiger partial charge >= 0.3 is 5.97 Å². The molecule has 0 radical (unpaired) electrons. The van der Waals surface area contributed by atoms with Crippen LogP contribution < -0.4 is 0 Å². The number of aliphatic hydroxyl groups excluding tert-OH is 2. The van der Waals surface area contributed by atoms with Crippen LogP contribution >= 0.6 is 11.3 Å². The number of ether oxygens (including phenoxy) is 2. The molecule has 0 aromatic carbocycles.